The lowest BCUT2D eigenvalue weighted by Gasteiger charge is -2.13. The van der Waals surface area contributed by atoms with Gasteiger partial charge in [0.25, 0.3) is 0 Å². The van der Waals surface area contributed by atoms with E-state index in [-0.39, 0.29) is 29.4 Å². The Balaban J connectivity index is 0.00000280. The Morgan fingerprint density at radius 3 is 2.71 bits per heavy atom. The van der Waals surface area contributed by atoms with Crippen LogP contribution in [0.15, 0.2) is 46.1 Å². The molecule has 0 aliphatic rings. The topological polar surface area (TPSA) is 78.2 Å². The first-order valence-corrected chi connectivity index (χ1v) is 9.49. The Morgan fingerprint density at radius 1 is 1.21 bits per heavy atom. The van der Waals surface area contributed by atoms with Crippen molar-refractivity contribution in [3.63, 3.8) is 0 Å². The molecule has 2 heterocycles. The molecule has 0 aliphatic heterocycles. The molecule has 28 heavy (non-hydrogen) atoms. The van der Waals surface area contributed by atoms with E-state index in [4.69, 9.17) is 4.42 Å². The van der Waals surface area contributed by atoms with E-state index in [0.717, 1.165) is 31.2 Å². The SMILES string of the molecule is CCNC(=NCc1ncc(C(C)(C)C)o1)NCCc1c[nH]c2ccccc12.I. The smallest absolute Gasteiger partial charge is 0.216 e. The van der Waals surface area contributed by atoms with E-state index in [1.807, 2.05) is 6.07 Å². The Bertz CT molecular complexity index is 907. The number of benzene rings is 1. The van der Waals surface area contributed by atoms with Crippen molar-refractivity contribution in [3.8, 4) is 0 Å². The van der Waals surface area contributed by atoms with Crippen LogP contribution in [0.4, 0.5) is 0 Å². The standard InChI is InChI=1S/C21H29N5O.HI/c1-5-22-20(26-14-19-25-13-18(27-19)21(2,3)4)23-11-10-15-12-24-17-9-7-6-8-16(15)17;/h6-9,12-13,24H,5,10-11,14H2,1-4H3,(H2,22,23,26);1H. The zero-order valence-electron chi connectivity index (χ0n) is 17.0. The van der Waals surface area contributed by atoms with Gasteiger partial charge in [-0.05, 0) is 25.0 Å². The van der Waals surface area contributed by atoms with Crippen LogP contribution >= 0.6 is 24.0 Å². The summed E-state index contributed by atoms with van der Waals surface area (Å²) in [4.78, 5) is 12.2. The fraction of sp³-hybridized carbons (Fsp3) is 0.429. The van der Waals surface area contributed by atoms with Crippen molar-refractivity contribution in [2.75, 3.05) is 13.1 Å². The van der Waals surface area contributed by atoms with Crippen molar-refractivity contribution in [2.45, 2.75) is 46.1 Å². The third kappa shape index (κ3) is 5.73. The average Bonchev–Trinajstić information content (AvgIpc) is 3.27. The highest BCUT2D eigenvalue weighted by Crippen LogP contribution is 2.22. The third-order valence-electron chi connectivity index (χ3n) is 4.37. The lowest BCUT2D eigenvalue weighted by atomic mass is 9.94. The van der Waals surface area contributed by atoms with Crippen molar-refractivity contribution in [2.24, 2.45) is 4.99 Å². The zero-order chi connectivity index (χ0) is 19.3. The Morgan fingerprint density at radius 2 is 2.00 bits per heavy atom. The van der Waals surface area contributed by atoms with Crippen LogP contribution in [0.2, 0.25) is 0 Å². The molecule has 0 saturated carbocycles. The molecule has 0 aliphatic carbocycles. The summed E-state index contributed by atoms with van der Waals surface area (Å²) in [6.45, 7) is 10.4. The van der Waals surface area contributed by atoms with Gasteiger partial charge in [-0.15, -0.1) is 24.0 Å². The Labute approximate surface area is 183 Å². The minimum absolute atomic E-state index is 0. The van der Waals surface area contributed by atoms with Gasteiger partial charge in [0.15, 0.2) is 5.96 Å². The van der Waals surface area contributed by atoms with Crippen LogP contribution < -0.4 is 10.6 Å². The van der Waals surface area contributed by atoms with E-state index < -0.39 is 0 Å². The molecule has 0 amide bonds. The second kappa shape index (κ2) is 9.95. The number of aromatic amines is 1. The molecule has 0 radical (unpaired) electrons. The molecule has 6 nitrogen and oxygen atoms in total. The summed E-state index contributed by atoms with van der Waals surface area (Å²) < 4.78 is 5.81. The van der Waals surface area contributed by atoms with Crippen molar-refractivity contribution >= 4 is 40.8 Å². The molecule has 0 fully saturated rings. The zero-order valence-corrected chi connectivity index (χ0v) is 19.3. The molecule has 0 atom stereocenters. The fourth-order valence-electron chi connectivity index (χ4n) is 2.87. The highest BCUT2D eigenvalue weighted by atomic mass is 127. The highest BCUT2D eigenvalue weighted by Gasteiger charge is 2.19. The molecule has 3 aromatic rings. The molecule has 3 N–H and O–H groups in total. The summed E-state index contributed by atoms with van der Waals surface area (Å²) in [6.07, 6.45) is 4.79. The van der Waals surface area contributed by atoms with E-state index in [1.54, 1.807) is 6.20 Å². The molecular formula is C21H30IN5O. The van der Waals surface area contributed by atoms with Gasteiger partial charge in [0.2, 0.25) is 5.89 Å². The van der Waals surface area contributed by atoms with Gasteiger partial charge in [0.05, 0.1) is 6.20 Å². The number of nitrogens with zero attached hydrogens (tertiary/aromatic N) is 2. The van der Waals surface area contributed by atoms with Gasteiger partial charge in [-0.2, -0.15) is 0 Å². The van der Waals surface area contributed by atoms with Gasteiger partial charge in [-0.1, -0.05) is 39.0 Å². The number of rotatable bonds is 6. The van der Waals surface area contributed by atoms with Gasteiger partial charge in [-0.25, -0.2) is 9.98 Å². The maximum absolute atomic E-state index is 5.81. The van der Waals surface area contributed by atoms with E-state index in [2.05, 4.69) is 77.7 Å². The molecule has 0 bridgehead atoms. The van der Waals surface area contributed by atoms with Crippen LogP contribution in [0.3, 0.4) is 0 Å². The molecule has 0 spiro atoms. The van der Waals surface area contributed by atoms with E-state index in [9.17, 15) is 0 Å². The van der Waals surface area contributed by atoms with Gasteiger partial charge < -0.3 is 20.0 Å². The van der Waals surface area contributed by atoms with Crippen molar-refractivity contribution in [3.05, 3.63) is 53.9 Å². The number of guanidine groups is 1. The minimum atomic E-state index is -0.0446. The summed E-state index contributed by atoms with van der Waals surface area (Å²) in [5.74, 6) is 2.28. The molecule has 7 heteroatoms. The number of H-pyrrole nitrogens is 1. The molecule has 3 rings (SSSR count). The summed E-state index contributed by atoms with van der Waals surface area (Å²) in [7, 11) is 0. The fourth-order valence-corrected chi connectivity index (χ4v) is 2.87. The van der Waals surface area contributed by atoms with E-state index >= 15 is 0 Å². The molecular weight excluding hydrogens is 465 g/mol. The Kier molecular flexibility index (Phi) is 7.91. The maximum atomic E-state index is 5.81. The summed E-state index contributed by atoms with van der Waals surface area (Å²) in [5, 5.41) is 7.93. The van der Waals surface area contributed by atoms with Crippen molar-refractivity contribution in [1.82, 2.24) is 20.6 Å². The normalized spacial score (nSPS) is 12.1. The lowest BCUT2D eigenvalue weighted by Crippen LogP contribution is -2.38. The summed E-state index contributed by atoms with van der Waals surface area (Å²) in [6, 6.07) is 8.36. The highest BCUT2D eigenvalue weighted by molar-refractivity contribution is 14.0. The largest absolute Gasteiger partial charge is 0.443 e. The predicted octanol–water partition coefficient (Wildman–Crippen LogP) is 4.37. The number of halogens is 1. The van der Waals surface area contributed by atoms with Gasteiger partial charge >= 0.3 is 0 Å². The van der Waals surface area contributed by atoms with Crippen LogP contribution in [-0.2, 0) is 18.4 Å². The van der Waals surface area contributed by atoms with Crippen LogP contribution in [-0.4, -0.2) is 29.0 Å². The van der Waals surface area contributed by atoms with Gasteiger partial charge in [0, 0.05) is 35.6 Å². The quantitative estimate of drug-likeness (QED) is 0.270. The molecule has 152 valence electrons. The average molecular weight is 495 g/mol. The van der Waals surface area contributed by atoms with Crippen LogP contribution in [0.1, 0.15) is 44.9 Å². The first kappa shape index (κ1) is 22.3. The molecule has 2 aromatic heterocycles. The predicted molar refractivity (Wildman–Crippen MR) is 125 cm³/mol. The number of aromatic nitrogens is 2. The first-order chi connectivity index (χ1) is 13.0. The number of nitrogens with one attached hydrogen (secondary N) is 3. The minimum Gasteiger partial charge on any atom is -0.443 e. The summed E-state index contributed by atoms with van der Waals surface area (Å²) >= 11 is 0. The van der Waals surface area contributed by atoms with E-state index in [0.29, 0.717) is 12.4 Å². The number of fused-ring (bicyclic) bond motifs is 1. The van der Waals surface area contributed by atoms with Crippen LogP contribution in [0, 0.1) is 0 Å². The van der Waals surface area contributed by atoms with Gasteiger partial charge in [0.1, 0.15) is 12.3 Å². The second-order valence-electron chi connectivity index (χ2n) is 7.60. The third-order valence-corrected chi connectivity index (χ3v) is 4.37. The molecule has 0 saturated heterocycles. The number of hydrogen-bond donors (Lipinski definition) is 3. The molecule has 1 aromatic carbocycles. The lowest BCUT2D eigenvalue weighted by molar-refractivity contribution is 0.383. The number of oxazole rings is 1. The van der Waals surface area contributed by atoms with Crippen LogP contribution in [0.5, 0.6) is 0 Å². The van der Waals surface area contributed by atoms with E-state index in [1.165, 1.54) is 16.5 Å². The van der Waals surface area contributed by atoms with Gasteiger partial charge in [-0.3, -0.25) is 0 Å². The van der Waals surface area contributed by atoms with Crippen LogP contribution in [0.25, 0.3) is 10.9 Å². The first-order valence-electron chi connectivity index (χ1n) is 9.49. The number of aliphatic imine (C=N–C) groups is 1. The van der Waals surface area contributed by atoms with Crippen molar-refractivity contribution in [1.29, 1.82) is 0 Å². The second-order valence-corrected chi connectivity index (χ2v) is 7.60. The summed E-state index contributed by atoms with van der Waals surface area (Å²) in [5.41, 5.74) is 2.43. The van der Waals surface area contributed by atoms with Crippen molar-refractivity contribution < 1.29 is 4.42 Å². The maximum Gasteiger partial charge on any atom is 0.216 e. The molecule has 0 unspecified atom stereocenters. The number of para-hydroxylation sites is 1. The monoisotopic (exact) mass is 495 g/mol. The number of hydrogen-bond acceptors (Lipinski definition) is 3. The Hall–Kier alpha value is -2.03.